The molecule has 0 saturated heterocycles. The van der Waals surface area contributed by atoms with Crippen LogP contribution in [-0.4, -0.2) is 21.0 Å². The van der Waals surface area contributed by atoms with Gasteiger partial charge >= 0.3 is 0 Å². The molecule has 0 fully saturated rings. The maximum Gasteiger partial charge on any atom is 0.257 e. The largest absolute Gasteiger partial charge is 0.399 e. The summed E-state index contributed by atoms with van der Waals surface area (Å²) in [6, 6.07) is 5.77. The monoisotopic (exact) mass is 228 g/mol. The second kappa shape index (κ2) is 3.62. The molecule has 0 radical (unpaired) electrons. The Labute approximate surface area is 98.2 Å². The third-order valence-corrected chi connectivity index (χ3v) is 2.99. The number of H-pyrrole nitrogens is 1. The Morgan fingerprint density at radius 1 is 1.35 bits per heavy atom. The van der Waals surface area contributed by atoms with E-state index in [9.17, 15) is 4.79 Å². The number of carbonyl (C=O) groups is 1. The molecule has 0 spiro atoms. The van der Waals surface area contributed by atoms with Gasteiger partial charge in [0.2, 0.25) is 0 Å². The van der Waals surface area contributed by atoms with E-state index in [1.165, 1.54) is 0 Å². The van der Waals surface area contributed by atoms with Gasteiger partial charge in [0.25, 0.3) is 5.91 Å². The van der Waals surface area contributed by atoms with Crippen molar-refractivity contribution >= 4 is 11.6 Å². The molecule has 0 saturated carbocycles. The number of nitrogens with two attached hydrogens (primary N) is 1. The van der Waals surface area contributed by atoms with E-state index in [-0.39, 0.29) is 5.91 Å². The van der Waals surface area contributed by atoms with Crippen molar-refractivity contribution in [2.45, 2.75) is 13.1 Å². The van der Waals surface area contributed by atoms with E-state index in [1.54, 1.807) is 17.3 Å². The average Bonchev–Trinajstić information content (AvgIpc) is 2.96. The van der Waals surface area contributed by atoms with Crippen LogP contribution in [0.3, 0.4) is 0 Å². The molecule has 86 valence electrons. The predicted molar refractivity (Wildman–Crippen MR) is 63.0 cm³/mol. The third kappa shape index (κ3) is 1.65. The van der Waals surface area contributed by atoms with Crippen molar-refractivity contribution in [2.24, 2.45) is 0 Å². The number of nitrogens with zero attached hydrogens (tertiary/aromatic N) is 2. The van der Waals surface area contributed by atoms with Crippen molar-refractivity contribution in [3.8, 4) is 0 Å². The Bertz CT molecular complexity index is 562. The van der Waals surface area contributed by atoms with Gasteiger partial charge < -0.3 is 10.6 Å². The molecule has 1 amide bonds. The number of hydrogen-bond donors (Lipinski definition) is 2. The molecule has 0 bridgehead atoms. The van der Waals surface area contributed by atoms with Crippen molar-refractivity contribution in [3.63, 3.8) is 0 Å². The first-order valence-corrected chi connectivity index (χ1v) is 5.39. The zero-order valence-corrected chi connectivity index (χ0v) is 9.18. The summed E-state index contributed by atoms with van der Waals surface area (Å²) in [5.74, 6) is -0.00600. The summed E-state index contributed by atoms with van der Waals surface area (Å²) in [5.41, 5.74) is 9.34. The summed E-state index contributed by atoms with van der Waals surface area (Å²) in [7, 11) is 0. The summed E-state index contributed by atoms with van der Waals surface area (Å²) in [5, 5.41) is 6.43. The van der Waals surface area contributed by atoms with Crippen molar-refractivity contribution in [3.05, 3.63) is 47.3 Å². The molecule has 2 heterocycles. The second-order valence-corrected chi connectivity index (χ2v) is 4.18. The number of amides is 1. The van der Waals surface area contributed by atoms with Crippen LogP contribution in [0.2, 0.25) is 0 Å². The molecule has 1 aliphatic rings. The van der Waals surface area contributed by atoms with Crippen molar-refractivity contribution in [1.29, 1.82) is 0 Å². The first-order valence-electron chi connectivity index (χ1n) is 5.39. The topological polar surface area (TPSA) is 75.0 Å². The summed E-state index contributed by atoms with van der Waals surface area (Å²) < 4.78 is 0. The van der Waals surface area contributed by atoms with Gasteiger partial charge in [-0.1, -0.05) is 6.07 Å². The van der Waals surface area contributed by atoms with Gasteiger partial charge in [-0.2, -0.15) is 5.10 Å². The highest BCUT2D eigenvalue weighted by Gasteiger charge is 2.24. The van der Waals surface area contributed by atoms with E-state index < -0.39 is 0 Å². The molecule has 0 atom stereocenters. The smallest absolute Gasteiger partial charge is 0.257 e. The Balaban J connectivity index is 1.85. The van der Waals surface area contributed by atoms with Crippen LogP contribution in [0.4, 0.5) is 5.69 Å². The molecule has 3 N–H and O–H groups in total. The molecule has 1 aromatic carbocycles. The zero-order valence-electron chi connectivity index (χ0n) is 9.18. The lowest BCUT2D eigenvalue weighted by molar-refractivity contribution is 0.0751. The quantitative estimate of drug-likeness (QED) is 0.719. The SMILES string of the molecule is Nc1ccc2c(c1)CN(C(=O)c1cn[nH]c1)C2. The van der Waals surface area contributed by atoms with Gasteiger partial charge in [-0.3, -0.25) is 9.89 Å². The van der Waals surface area contributed by atoms with Crippen LogP contribution >= 0.6 is 0 Å². The number of nitrogen functional groups attached to an aromatic ring is 1. The first-order chi connectivity index (χ1) is 8.24. The first kappa shape index (κ1) is 9.89. The van der Waals surface area contributed by atoms with Crippen LogP contribution in [0, 0.1) is 0 Å². The summed E-state index contributed by atoms with van der Waals surface area (Å²) in [6.07, 6.45) is 3.15. The van der Waals surface area contributed by atoms with Crippen LogP contribution in [-0.2, 0) is 13.1 Å². The Morgan fingerprint density at radius 3 is 2.94 bits per heavy atom. The Kier molecular flexibility index (Phi) is 2.11. The fourth-order valence-electron chi connectivity index (χ4n) is 2.11. The number of benzene rings is 1. The van der Waals surface area contributed by atoms with Crippen molar-refractivity contribution in [2.75, 3.05) is 5.73 Å². The van der Waals surface area contributed by atoms with Crippen molar-refractivity contribution in [1.82, 2.24) is 15.1 Å². The van der Waals surface area contributed by atoms with Crippen molar-refractivity contribution < 1.29 is 4.79 Å². The van der Waals surface area contributed by atoms with E-state index in [0.29, 0.717) is 18.7 Å². The molecule has 3 rings (SSSR count). The molecule has 1 aromatic heterocycles. The van der Waals surface area contributed by atoms with Gasteiger partial charge in [0, 0.05) is 25.0 Å². The Hall–Kier alpha value is -2.30. The van der Waals surface area contributed by atoms with Gasteiger partial charge in [0.1, 0.15) is 0 Å². The van der Waals surface area contributed by atoms with E-state index in [4.69, 9.17) is 5.73 Å². The molecule has 17 heavy (non-hydrogen) atoms. The molecular weight excluding hydrogens is 216 g/mol. The number of nitrogens with one attached hydrogen (secondary N) is 1. The fraction of sp³-hybridized carbons (Fsp3) is 0.167. The van der Waals surface area contributed by atoms with Crippen LogP contribution in [0.25, 0.3) is 0 Å². The number of hydrogen-bond acceptors (Lipinski definition) is 3. The maximum atomic E-state index is 12.1. The maximum absolute atomic E-state index is 12.1. The van der Waals surface area contributed by atoms with E-state index in [1.807, 2.05) is 18.2 Å². The third-order valence-electron chi connectivity index (χ3n) is 2.99. The normalized spacial score (nSPS) is 13.8. The van der Waals surface area contributed by atoms with Crippen LogP contribution < -0.4 is 5.73 Å². The second-order valence-electron chi connectivity index (χ2n) is 4.18. The minimum atomic E-state index is -0.00600. The fourth-order valence-corrected chi connectivity index (χ4v) is 2.11. The average molecular weight is 228 g/mol. The molecule has 0 unspecified atom stereocenters. The number of fused-ring (bicyclic) bond motifs is 1. The van der Waals surface area contributed by atoms with Crippen LogP contribution in [0.1, 0.15) is 21.5 Å². The molecule has 0 aliphatic carbocycles. The standard InChI is InChI=1S/C12H12N4O/c13-11-2-1-8-6-16(7-9(8)3-11)12(17)10-4-14-15-5-10/h1-5H,6-7,13H2,(H,14,15). The zero-order chi connectivity index (χ0) is 11.8. The summed E-state index contributed by atoms with van der Waals surface area (Å²) in [4.78, 5) is 13.9. The van der Waals surface area contributed by atoms with E-state index >= 15 is 0 Å². The van der Waals surface area contributed by atoms with Gasteiger partial charge in [-0.25, -0.2) is 0 Å². The summed E-state index contributed by atoms with van der Waals surface area (Å²) >= 11 is 0. The highest BCUT2D eigenvalue weighted by molar-refractivity contribution is 5.94. The molecule has 5 nitrogen and oxygen atoms in total. The molecule has 5 heteroatoms. The van der Waals surface area contributed by atoms with Gasteiger partial charge in [-0.15, -0.1) is 0 Å². The highest BCUT2D eigenvalue weighted by Crippen LogP contribution is 2.25. The highest BCUT2D eigenvalue weighted by atomic mass is 16.2. The van der Waals surface area contributed by atoms with E-state index in [2.05, 4.69) is 10.2 Å². The number of rotatable bonds is 1. The minimum Gasteiger partial charge on any atom is -0.399 e. The lowest BCUT2D eigenvalue weighted by atomic mass is 10.1. The molecule has 1 aliphatic heterocycles. The number of aromatic amines is 1. The van der Waals surface area contributed by atoms with Gasteiger partial charge in [0.05, 0.1) is 11.8 Å². The molecular formula is C12H12N4O. The number of anilines is 1. The van der Waals surface area contributed by atoms with Crippen LogP contribution in [0.15, 0.2) is 30.6 Å². The van der Waals surface area contributed by atoms with Crippen LogP contribution in [0.5, 0.6) is 0 Å². The summed E-state index contributed by atoms with van der Waals surface area (Å²) in [6.45, 7) is 1.25. The minimum absolute atomic E-state index is 0.00600. The number of aromatic nitrogens is 2. The predicted octanol–water partition coefficient (Wildman–Crippen LogP) is 1.15. The number of carbonyl (C=O) groups excluding carboxylic acids is 1. The lowest BCUT2D eigenvalue weighted by Gasteiger charge is -2.13. The van der Waals surface area contributed by atoms with E-state index in [0.717, 1.165) is 16.8 Å². The lowest BCUT2D eigenvalue weighted by Crippen LogP contribution is -2.24. The molecule has 2 aromatic rings. The van der Waals surface area contributed by atoms with Gasteiger partial charge in [-0.05, 0) is 23.3 Å². The Morgan fingerprint density at radius 2 is 2.18 bits per heavy atom. The van der Waals surface area contributed by atoms with Gasteiger partial charge in [0.15, 0.2) is 0 Å².